The van der Waals surface area contributed by atoms with Gasteiger partial charge in [0.05, 0.1) is 18.3 Å². The second-order valence-electron chi connectivity index (χ2n) is 15.0. The maximum absolute atomic E-state index is 14.8. The van der Waals surface area contributed by atoms with Crippen LogP contribution in [0.5, 0.6) is 0 Å². The van der Waals surface area contributed by atoms with Crippen molar-refractivity contribution in [2.24, 2.45) is 22.7 Å². The molecule has 10 nitrogen and oxygen atoms in total. The zero-order valence-electron chi connectivity index (χ0n) is 29.5. The van der Waals surface area contributed by atoms with Gasteiger partial charge in [-0.25, -0.2) is 4.79 Å². The minimum atomic E-state index is -2.26. The molecule has 2 N–H and O–H groups in total. The number of Topliss-reactive ketones (excluding diaryl/α,β-unsaturated/α-hetero) is 2. The Kier molecular flexibility index (Phi) is 10.7. The molecular weight excluding hydrogens is 620 g/mol. The monoisotopic (exact) mass is 674 g/mol. The maximum Gasteiger partial charge on any atom is 0.338 e. The Balaban J connectivity index is 1.72. The van der Waals surface area contributed by atoms with Crippen molar-refractivity contribution in [1.82, 2.24) is 0 Å². The molecule has 1 heterocycles. The van der Waals surface area contributed by atoms with E-state index in [-0.39, 0.29) is 25.2 Å². The predicted octanol–water partition coefficient (Wildman–Crippen LogP) is 5.04. The SMILES string of the molecule is CC[Si](CC)(CC)O[C@H]1C[C@H]2OC[C@@]2(OC(C)=O)C[C@]1(C)C(O)C(=O)C1C(C)C(=O)C[C@@](O)([C@H](C)OC(=O)c2ccccc2)C1(C)C. The highest BCUT2D eigenvalue weighted by molar-refractivity contribution is 6.73. The number of benzene rings is 1. The molecule has 0 aromatic heterocycles. The molecule has 2 saturated carbocycles. The highest BCUT2D eigenvalue weighted by atomic mass is 28.4. The fraction of sp³-hybridized carbons (Fsp3) is 0.722. The Morgan fingerprint density at radius 3 is 2.17 bits per heavy atom. The highest BCUT2D eigenvalue weighted by Gasteiger charge is 2.68. The molecule has 0 radical (unpaired) electrons. The molecule has 1 aromatic carbocycles. The molecule has 2 aliphatic carbocycles. The Morgan fingerprint density at radius 2 is 1.66 bits per heavy atom. The van der Waals surface area contributed by atoms with E-state index >= 15 is 0 Å². The van der Waals surface area contributed by atoms with Gasteiger partial charge in [0, 0.05) is 48.9 Å². The molecular formula is C36H54O10Si. The lowest BCUT2D eigenvalue weighted by Gasteiger charge is -2.61. The van der Waals surface area contributed by atoms with Crippen molar-refractivity contribution in [3.63, 3.8) is 0 Å². The van der Waals surface area contributed by atoms with Crippen LogP contribution < -0.4 is 0 Å². The fourth-order valence-electron chi connectivity index (χ4n) is 8.63. The fourth-order valence-corrected chi connectivity index (χ4v) is 11.6. The molecule has 0 bridgehead atoms. The molecule has 11 heteroatoms. The molecule has 4 rings (SSSR count). The summed E-state index contributed by atoms with van der Waals surface area (Å²) in [6.45, 7) is 16.2. The highest BCUT2D eigenvalue weighted by Crippen LogP contribution is 2.56. The first-order chi connectivity index (χ1) is 21.9. The third kappa shape index (κ3) is 6.38. The van der Waals surface area contributed by atoms with Gasteiger partial charge in [-0.1, -0.05) is 66.7 Å². The topological polar surface area (TPSA) is 146 Å². The van der Waals surface area contributed by atoms with E-state index in [1.807, 2.05) is 0 Å². The zero-order valence-corrected chi connectivity index (χ0v) is 30.5. The Labute approximate surface area is 280 Å². The number of fused-ring (bicyclic) bond motifs is 1. The first-order valence-corrected chi connectivity index (χ1v) is 19.6. The summed E-state index contributed by atoms with van der Waals surface area (Å²) >= 11 is 0. The summed E-state index contributed by atoms with van der Waals surface area (Å²) in [7, 11) is -2.26. The summed E-state index contributed by atoms with van der Waals surface area (Å²) in [6.07, 6.45) is -3.64. The summed E-state index contributed by atoms with van der Waals surface area (Å²) in [5.74, 6) is -4.04. The summed E-state index contributed by atoms with van der Waals surface area (Å²) in [5.41, 5.74) is -5.14. The van der Waals surface area contributed by atoms with Crippen LogP contribution in [0.1, 0.15) is 91.9 Å². The number of ether oxygens (including phenoxy) is 3. The van der Waals surface area contributed by atoms with Crippen LogP contribution in [0, 0.1) is 22.7 Å². The van der Waals surface area contributed by atoms with Gasteiger partial charge in [-0.15, -0.1) is 0 Å². The molecule has 1 aliphatic heterocycles. The van der Waals surface area contributed by atoms with Gasteiger partial charge in [0.1, 0.15) is 29.7 Å². The first kappa shape index (κ1) is 37.4. The molecule has 3 fully saturated rings. The lowest BCUT2D eigenvalue weighted by Crippen LogP contribution is -2.72. The van der Waals surface area contributed by atoms with E-state index in [9.17, 15) is 29.4 Å². The Morgan fingerprint density at radius 1 is 1.06 bits per heavy atom. The van der Waals surface area contributed by atoms with Gasteiger partial charge < -0.3 is 28.8 Å². The van der Waals surface area contributed by atoms with Crippen molar-refractivity contribution >= 4 is 31.8 Å². The lowest BCUT2D eigenvalue weighted by molar-refractivity contribution is -0.300. The smallest absolute Gasteiger partial charge is 0.338 e. The predicted molar refractivity (Wildman–Crippen MR) is 177 cm³/mol. The molecule has 3 aliphatic rings. The number of carbonyl (C=O) groups is 4. The Hall–Kier alpha value is -2.44. The summed E-state index contributed by atoms with van der Waals surface area (Å²) < 4.78 is 24.5. The molecule has 3 unspecified atom stereocenters. The second kappa shape index (κ2) is 13.5. The number of ketones is 2. The molecule has 47 heavy (non-hydrogen) atoms. The van der Waals surface area contributed by atoms with Crippen molar-refractivity contribution in [1.29, 1.82) is 0 Å². The van der Waals surface area contributed by atoms with Crippen LogP contribution in [0.25, 0.3) is 0 Å². The third-order valence-electron chi connectivity index (χ3n) is 12.1. The van der Waals surface area contributed by atoms with Crippen LogP contribution in [0.4, 0.5) is 0 Å². The maximum atomic E-state index is 14.8. The largest absolute Gasteiger partial charge is 0.456 e. The first-order valence-electron chi connectivity index (χ1n) is 17.1. The van der Waals surface area contributed by atoms with E-state index in [0.717, 1.165) is 18.1 Å². The molecule has 262 valence electrons. The normalized spacial score (nSPS) is 34.7. The van der Waals surface area contributed by atoms with Crippen LogP contribution in [0.2, 0.25) is 18.1 Å². The van der Waals surface area contributed by atoms with E-state index in [4.69, 9.17) is 18.6 Å². The van der Waals surface area contributed by atoms with Crippen LogP contribution in [-0.2, 0) is 33.0 Å². The van der Waals surface area contributed by atoms with Crippen molar-refractivity contribution in [3.8, 4) is 0 Å². The number of esters is 2. The summed E-state index contributed by atoms with van der Waals surface area (Å²) in [5, 5.41) is 24.5. The van der Waals surface area contributed by atoms with E-state index in [0.29, 0.717) is 12.0 Å². The van der Waals surface area contributed by atoms with Crippen molar-refractivity contribution in [2.75, 3.05) is 6.61 Å². The van der Waals surface area contributed by atoms with Crippen LogP contribution >= 0.6 is 0 Å². The quantitative estimate of drug-likeness (QED) is 0.229. The number of hydrogen-bond acceptors (Lipinski definition) is 10. The molecule has 1 aromatic rings. The second-order valence-corrected chi connectivity index (χ2v) is 19.7. The lowest BCUT2D eigenvalue weighted by atomic mass is 9.51. The van der Waals surface area contributed by atoms with Crippen molar-refractivity contribution in [2.45, 2.75) is 135 Å². The van der Waals surface area contributed by atoms with Gasteiger partial charge >= 0.3 is 11.9 Å². The van der Waals surface area contributed by atoms with E-state index in [1.165, 1.54) is 13.8 Å². The summed E-state index contributed by atoms with van der Waals surface area (Å²) in [4.78, 5) is 53.6. The zero-order chi connectivity index (χ0) is 35.2. The standard InChI is InChI=1S/C36H54O10Si/c1-10-47(11-2,12-3)46-27-18-28-35(21-43-28,45-24(6)37)20-34(27,9)31(40)30(39)29-22(4)26(38)19-36(42,33(29,7)8)23(5)44-32(41)25-16-14-13-15-17-25/h13-17,22-23,27-29,31,40,42H,10-12,18-21H2,1-9H3/t22?,23-,27-,28+,29?,31?,34-,35-,36+/m0/s1. The van der Waals surface area contributed by atoms with E-state index in [1.54, 1.807) is 58.0 Å². The van der Waals surface area contributed by atoms with Gasteiger partial charge in [-0.3, -0.25) is 14.4 Å². The van der Waals surface area contributed by atoms with Gasteiger partial charge in [0.25, 0.3) is 0 Å². The average Bonchev–Trinajstić information content (AvgIpc) is 3.02. The van der Waals surface area contributed by atoms with Gasteiger partial charge in [-0.2, -0.15) is 0 Å². The minimum Gasteiger partial charge on any atom is -0.456 e. The van der Waals surface area contributed by atoms with Crippen LogP contribution in [0.15, 0.2) is 30.3 Å². The molecule has 0 spiro atoms. The van der Waals surface area contributed by atoms with Crippen molar-refractivity contribution < 1.29 is 48.0 Å². The minimum absolute atomic E-state index is 0.133. The molecule has 1 saturated heterocycles. The van der Waals surface area contributed by atoms with Gasteiger partial charge in [0.15, 0.2) is 19.7 Å². The van der Waals surface area contributed by atoms with Crippen molar-refractivity contribution in [3.05, 3.63) is 35.9 Å². The van der Waals surface area contributed by atoms with E-state index in [2.05, 4.69) is 20.8 Å². The number of aliphatic hydroxyl groups is 2. The van der Waals surface area contributed by atoms with Gasteiger partial charge in [-0.05, 0) is 37.2 Å². The number of hydrogen-bond donors (Lipinski definition) is 2. The van der Waals surface area contributed by atoms with Crippen LogP contribution in [0.3, 0.4) is 0 Å². The molecule has 0 amide bonds. The number of rotatable bonds is 12. The molecule has 9 atom stereocenters. The summed E-state index contributed by atoms with van der Waals surface area (Å²) in [6, 6.07) is 10.9. The average molecular weight is 675 g/mol. The Bertz CT molecular complexity index is 1340. The van der Waals surface area contributed by atoms with Crippen LogP contribution in [-0.4, -0.2) is 84.3 Å². The number of aliphatic hydroxyl groups excluding tert-OH is 1. The van der Waals surface area contributed by atoms with Gasteiger partial charge in [0.2, 0.25) is 0 Å². The third-order valence-corrected chi connectivity index (χ3v) is 16.8. The number of carbonyl (C=O) groups excluding carboxylic acids is 4. The van der Waals surface area contributed by atoms with E-state index < -0.39 is 84.3 Å².